The highest BCUT2D eigenvalue weighted by Crippen LogP contribution is 2.23. The number of hydrogen-bond acceptors (Lipinski definition) is 5. The lowest BCUT2D eigenvalue weighted by atomic mass is 10.3. The fourth-order valence-electron chi connectivity index (χ4n) is 1.99. The number of carbonyl (C=O) groups excluding carboxylic acids is 1. The number of carboxylic acid groups (broad SMARTS) is 1. The van der Waals surface area contributed by atoms with E-state index in [1.807, 2.05) is 0 Å². The molecule has 8 heteroatoms. The Labute approximate surface area is 113 Å². The van der Waals surface area contributed by atoms with Gasteiger partial charge in [-0.25, -0.2) is 19.4 Å². The van der Waals surface area contributed by atoms with Crippen molar-refractivity contribution in [3.63, 3.8) is 0 Å². The van der Waals surface area contributed by atoms with E-state index in [9.17, 15) is 9.59 Å². The molecule has 2 aromatic heterocycles. The van der Waals surface area contributed by atoms with Gasteiger partial charge in [-0.15, -0.1) is 0 Å². The molecule has 0 fully saturated rings. The quantitative estimate of drug-likeness (QED) is 0.874. The Hall–Kier alpha value is -2.90. The molecule has 1 N–H and O–H groups in total. The minimum Gasteiger partial charge on any atom is -0.481 e. The summed E-state index contributed by atoms with van der Waals surface area (Å²) < 4.78 is 6.45. The van der Waals surface area contributed by atoms with E-state index >= 15 is 0 Å². The zero-order valence-electron chi connectivity index (χ0n) is 10.5. The standard InChI is InChI=1S/C12H10N4O4/c1-20-10-3-2-7(4-13-10)16-5-8-9(14-16)6-15(11(8)17)12(18)19/h2-5H,6H2,1H3,(H,18,19). The first-order chi connectivity index (χ1) is 9.60. The van der Waals surface area contributed by atoms with E-state index in [0.717, 1.165) is 4.90 Å². The predicted molar refractivity (Wildman–Crippen MR) is 65.8 cm³/mol. The van der Waals surface area contributed by atoms with Gasteiger partial charge in [0.1, 0.15) is 0 Å². The van der Waals surface area contributed by atoms with Crippen molar-refractivity contribution in [3.8, 4) is 11.6 Å². The predicted octanol–water partition coefficient (Wildman–Crippen LogP) is 0.910. The Balaban J connectivity index is 1.92. The van der Waals surface area contributed by atoms with E-state index in [0.29, 0.717) is 22.8 Å². The number of hydrogen-bond donors (Lipinski definition) is 1. The molecular weight excluding hydrogens is 264 g/mol. The summed E-state index contributed by atoms with van der Waals surface area (Å²) in [6.45, 7) is -0.0277. The summed E-state index contributed by atoms with van der Waals surface area (Å²) in [7, 11) is 1.52. The monoisotopic (exact) mass is 274 g/mol. The second-order valence-electron chi connectivity index (χ2n) is 4.17. The third kappa shape index (κ3) is 1.78. The van der Waals surface area contributed by atoms with Gasteiger partial charge in [-0.1, -0.05) is 0 Å². The Morgan fingerprint density at radius 1 is 1.45 bits per heavy atom. The van der Waals surface area contributed by atoms with E-state index in [-0.39, 0.29) is 6.54 Å². The Bertz CT molecular complexity index is 692. The minimum atomic E-state index is -1.27. The van der Waals surface area contributed by atoms with Crippen LogP contribution in [-0.2, 0) is 6.54 Å². The maximum atomic E-state index is 11.8. The van der Waals surface area contributed by atoms with Gasteiger partial charge in [0.05, 0.1) is 36.8 Å². The highest BCUT2D eigenvalue weighted by Gasteiger charge is 2.34. The lowest BCUT2D eigenvalue weighted by molar-refractivity contribution is 0.0761. The summed E-state index contributed by atoms with van der Waals surface area (Å²) in [5.74, 6) is -0.0817. The second-order valence-corrected chi connectivity index (χ2v) is 4.17. The molecule has 1 aliphatic heterocycles. The van der Waals surface area contributed by atoms with Crippen molar-refractivity contribution in [3.05, 3.63) is 35.8 Å². The summed E-state index contributed by atoms with van der Waals surface area (Å²) in [4.78, 5) is 27.5. The topological polar surface area (TPSA) is 97.5 Å². The van der Waals surface area contributed by atoms with Crippen molar-refractivity contribution in [1.82, 2.24) is 19.7 Å². The van der Waals surface area contributed by atoms with Gasteiger partial charge < -0.3 is 9.84 Å². The average Bonchev–Trinajstić information content (AvgIpc) is 2.99. The molecule has 0 aromatic carbocycles. The van der Waals surface area contributed by atoms with Crippen LogP contribution in [0.15, 0.2) is 24.5 Å². The summed E-state index contributed by atoms with van der Waals surface area (Å²) in [6, 6.07) is 3.42. The van der Waals surface area contributed by atoms with E-state index in [4.69, 9.17) is 9.84 Å². The lowest BCUT2D eigenvalue weighted by Crippen LogP contribution is -2.29. The zero-order valence-corrected chi connectivity index (χ0v) is 10.5. The van der Waals surface area contributed by atoms with Crippen molar-refractivity contribution in [2.24, 2.45) is 0 Å². The van der Waals surface area contributed by atoms with Crippen LogP contribution in [0.2, 0.25) is 0 Å². The number of fused-ring (bicyclic) bond motifs is 1. The van der Waals surface area contributed by atoms with Gasteiger partial charge in [0.2, 0.25) is 5.88 Å². The molecule has 2 amide bonds. The minimum absolute atomic E-state index is 0.0277. The molecule has 0 saturated heterocycles. The summed E-state index contributed by atoms with van der Waals surface area (Å²) in [5, 5.41) is 13.1. The first kappa shape index (κ1) is 12.2. The third-order valence-electron chi connectivity index (χ3n) is 3.00. The van der Waals surface area contributed by atoms with Crippen LogP contribution < -0.4 is 4.74 Å². The molecule has 2 aromatic rings. The molecular formula is C12H10N4O4. The fraction of sp³-hybridized carbons (Fsp3) is 0.167. The van der Waals surface area contributed by atoms with Gasteiger partial charge in [0.15, 0.2) is 0 Å². The van der Waals surface area contributed by atoms with E-state index in [1.54, 1.807) is 18.3 Å². The Kier molecular flexibility index (Phi) is 2.63. The summed E-state index contributed by atoms with van der Waals surface area (Å²) in [5.41, 5.74) is 1.39. The van der Waals surface area contributed by atoms with Crippen LogP contribution in [0.4, 0.5) is 4.79 Å². The molecule has 0 radical (unpaired) electrons. The highest BCUT2D eigenvalue weighted by molar-refractivity contribution is 6.05. The zero-order chi connectivity index (χ0) is 14.3. The molecule has 3 heterocycles. The SMILES string of the molecule is COc1ccc(-n2cc3c(n2)CN(C(=O)O)C3=O)cn1. The summed E-state index contributed by atoms with van der Waals surface area (Å²) in [6.07, 6.45) is 1.79. The molecule has 1 aliphatic rings. The van der Waals surface area contributed by atoms with Gasteiger partial charge in [-0.3, -0.25) is 4.79 Å². The first-order valence-electron chi connectivity index (χ1n) is 5.74. The molecule has 3 rings (SSSR count). The van der Waals surface area contributed by atoms with Crippen LogP contribution in [0.1, 0.15) is 16.1 Å². The molecule has 0 aliphatic carbocycles. The third-order valence-corrected chi connectivity index (χ3v) is 3.00. The van der Waals surface area contributed by atoms with Crippen LogP contribution in [0.5, 0.6) is 5.88 Å². The van der Waals surface area contributed by atoms with Crippen LogP contribution in [0.25, 0.3) is 5.69 Å². The Morgan fingerprint density at radius 3 is 2.80 bits per heavy atom. The average molecular weight is 274 g/mol. The molecule has 0 atom stereocenters. The van der Waals surface area contributed by atoms with Crippen LogP contribution in [0, 0.1) is 0 Å². The first-order valence-corrected chi connectivity index (χ1v) is 5.74. The van der Waals surface area contributed by atoms with Crippen LogP contribution in [0.3, 0.4) is 0 Å². The molecule has 0 unspecified atom stereocenters. The van der Waals surface area contributed by atoms with Crippen LogP contribution >= 0.6 is 0 Å². The Morgan fingerprint density at radius 2 is 2.25 bits per heavy atom. The van der Waals surface area contributed by atoms with Gasteiger partial charge in [0, 0.05) is 12.3 Å². The largest absolute Gasteiger partial charge is 0.481 e. The molecule has 0 saturated carbocycles. The molecule has 102 valence electrons. The van der Waals surface area contributed by atoms with E-state index in [2.05, 4.69) is 10.1 Å². The molecule has 20 heavy (non-hydrogen) atoms. The van der Waals surface area contributed by atoms with Crippen molar-refractivity contribution in [1.29, 1.82) is 0 Å². The van der Waals surface area contributed by atoms with E-state index < -0.39 is 12.0 Å². The number of nitrogens with zero attached hydrogens (tertiary/aromatic N) is 4. The number of carbonyl (C=O) groups is 2. The molecule has 0 bridgehead atoms. The van der Waals surface area contributed by atoms with Gasteiger partial charge in [-0.2, -0.15) is 5.10 Å². The van der Waals surface area contributed by atoms with E-state index in [1.165, 1.54) is 18.0 Å². The van der Waals surface area contributed by atoms with Crippen LogP contribution in [-0.4, -0.2) is 43.9 Å². The van der Waals surface area contributed by atoms with Crippen molar-refractivity contribution in [2.75, 3.05) is 7.11 Å². The number of amides is 2. The van der Waals surface area contributed by atoms with Gasteiger partial charge >= 0.3 is 6.09 Å². The number of rotatable bonds is 2. The smallest absolute Gasteiger partial charge is 0.414 e. The molecule has 8 nitrogen and oxygen atoms in total. The number of imide groups is 1. The second kappa shape index (κ2) is 4.34. The maximum Gasteiger partial charge on any atom is 0.414 e. The normalized spacial score (nSPS) is 13.4. The number of ether oxygens (including phenoxy) is 1. The lowest BCUT2D eigenvalue weighted by Gasteiger charge is -2.08. The van der Waals surface area contributed by atoms with Gasteiger partial charge in [0.25, 0.3) is 5.91 Å². The van der Waals surface area contributed by atoms with Crippen molar-refractivity contribution in [2.45, 2.75) is 6.54 Å². The van der Waals surface area contributed by atoms with Gasteiger partial charge in [-0.05, 0) is 6.07 Å². The number of pyridine rings is 1. The fourth-order valence-corrected chi connectivity index (χ4v) is 1.99. The van der Waals surface area contributed by atoms with Crippen molar-refractivity contribution >= 4 is 12.0 Å². The number of aromatic nitrogens is 3. The van der Waals surface area contributed by atoms with Crippen molar-refractivity contribution < 1.29 is 19.4 Å². The number of methoxy groups -OCH3 is 1. The molecule has 0 spiro atoms. The maximum absolute atomic E-state index is 11.8. The summed E-state index contributed by atoms with van der Waals surface area (Å²) >= 11 is 0. The highest BCUT2D eigenvalue weighted by atomic mass is 16.5.